The van der Waals surface area contributed by atoms with E-state index in [1.54, 1.807) is 36.4 Å². The van der Waals surface area contributed by atoms with Gasteiger partial charge in [-0.15, -0.1) is 10.2 Å². The van der Waals surface area contributed by atoms with Crippen LogP contribution in [0, 0.1) is 6.92 Å². The van der Waals surface area contributed by atoms with Gasteiger partial charge in [0.15, 0.2) is 5.75 Å². The summed E-state index contributed by atoms with van der Waals surface area (Å²) < 4.78 is 38.1. The molecule has 0 atom stereocenters. The number of rotatable bonds is 6. The lowest BCUT2D eigenvalue weighted by Crippen LogP contribution is -2.13. The Labute approximate surface area is 222 Å². The largest absolute Gasteiger partial charge is 0.505 e. The molecule has 0 aromatic heterocycles. The quantitative estimate of drug-likeness (QED) is 0.170. The van der Waals surface area contributed by atoms with E-state index in [0.29, 0.717) is 27.2 Å². The highest BCUT2D eigenvalue weighted by Crippen LogP contribution is 2.41. The molecule has 0 spiro atoms. The van der Waals surface area contributed by atoms with Crippen molar-refractivity contribution in [3.63, 3.8) is 0 Å². The molecule has 9 nitrogen and oxygen atoms in total. The molecule has 3 N–H and O–H groups in total. The number of phenols is 1. The van der Waals surface area contributed by atoms with Gasteiger partial charge in [0.1, 0.15) is 17.1 Å². The number of anilines is 1. The lowest BCUT2D eigenvalue weighted by Gasteiger charge is -2.13. The highest BCUT2D eigenvalue weighted by Gasteiger charge is 2.21. The van der Waals surface area contributed by atoms with Crippen molar-refractivity contribution >= 4 is 67.1 Å². The molecule has 0 aliphatic carbocycles. The summed E-state index contributed by atoms with van der Waals surface area (Å²) >= 11 is 12.2. The fourth-order valence-corrected chi connectivity index (χ4v) is 4.83. The highest BCUT2D eigenvalue weighted by atomic mass is 35.5. The number of carbonyl (C=O) groups is 1. The Morgan fingerprint density at radius 1 is 1.00 bits per heavy atom. The Kier molecular flexibility index (Phi) is 7.37. The zero-order valence-corrected chi connectivity index (χ0v) is 21.7. The molecular weight excluding hydrogens is 541 g/mol. The maximum atomic E-state index is 13.2. The van der Waals surface area contributed by atoms with Crippen molar-refractivity contribution in [2.75, 3.05) is 12.4 Å². The Morgan fingerprint density at radius 2 is 1.70 bits per heavy atom. The van der Waals surface area contributed by atoms with Crippen LogP contribution in [0.5, 0.6) is 11.5 Å². The van der Waals surface area contributed by atoms with Crippen LogP contribution in [0.3, 0.4) is 0 Å². The first kappa shape index (κ1) is 26.4. The number of benzene rings is 4. The van der Waals surface area contributed by atoms with Crippen LogP contribution in [0.2, 0.25) is 10.0 Å². The van der Waals surface area contributed by atoms with Crippen molar-refractivity contribution in [2.24, 2.45) is 10.2 Å². The molecule has 1 amide bonds. The molecule has 37 heavy (non-hydrogen) atoms. The lowest BCUT2D eigenvalue weighted by molar-refractivity contribution is 0.102. The van der Waals surface area contributed by atoms with Gasteiger partial charge in [-0.05, 0) is 48.2 Å². The third-order valence-corrected chi connectivity index (χ3v) is 7.05. The van der Waals surface area contributed by atoms with Crippen molar-refractivity contribution in [3.8, 4) is 11.5 Å². The van der Waals surface area contributed by atoms with E-state index < -0.39 is 21.8 Å². The fourth-order valence-electron chi connectivity index (χ4n) is 3.70. The molecule has 0 aliphatic heterocycles. The number of methoxy groups -OCH3 is 1. The van der Waals surface area contributed by atoms with Crippen molar-refractivity contribution in [2.45, 2.75) is 11.8 Å². The van der Waals surface area contributed by atoms with E-state index in [4.69, 9.17) is 27.9 Å². The Bertz CT molecular complexity index is 1690. The Morgan fingerprint density at radius 3 is 2.41 bits per heavy atom. The van der Waals surface area contributed by atoms with Gasteiger partial charge in [0.05, 0.1) is 28.3 Å². The van der Waals surface area contributed by atoms with E-state index in [9.17, 15) is 22.9 Å². The molecule has 0 unspecified atom stereocenters. The van der Waals surface area contributed by atoms with Crippen LogP contribution in [0.1, 0.15) is 15.9 Å². The number of aromatic hydroxyl groups is 1. The van der Waals surface area contributed by atoms with E-state index >= 15 is 0 Å². The number of nitrogens with zero attached hydrogens (tertiary/aromatic N) is 2. The summed E-state index contributed by atoms with van der Waals surface area (Å²) in [6.07, 6.45) is 0. The summed E-state index contributed by atoms with van der Waals surface area (Å²) in [6, 6.07) is 15.4. The third-order valence-electron chi connectivity index (χ3n) is 5.51. The summed E-state index contributed by atoms with van der Waals surface area (Å²) in [5.41, 5.74) is 0.225. The standard InChI is InChI=1S/C25H19Cl2N3O6S/c1-13-21(37(33,34)35)10-8-18(27)22(13)29-30-23-16-6-4-3-5-14(16)11-17(24(23)31)25(32)28-19-9-7-15(26)12-20(19)36-2/h3-12,31H,1-2H3,(H,28,32)(H,33,34,35). The minimum Gasteiger partial charge on any atom is -0.505 e. The van der Waals surface area contributed by atoms with Gasteiger partial charge >= 0.3 is 0 Å². The maximum absolute atomic E-state index is 13.2. The second kappa shape index (κ2) is 10.3. The van der Waals surface area contributed by atoms with Crippen LogP contribution in [0.15, 0.2) is 75.8 Å². The average molecular weight is 560 g/mol. The van der Waals surface area contributed by atoms with Gasteiger partial charge in [-0.25, -0.2) is 0 Å². The molecular formula is C25H19Cl2N3O6S. The number of fused-ring (bicyclic) bond motifs is 1. The molecule has 0 saturated carbocycles. The fraction of sp³-hybridized carbons (Fsp3) is 0.0800. The van der Waals surface area contributed by atoms with Gasteiger partial charge < -0.3 is 15.2 Å². The first-order valence-corrected chi connectivity index (χ1v) is 12.8. The van der Waals surface area contributed by atoms with E-state index in [2.05, 4.69) is 15.5 Å². The van der Waals surface area contributed by atoms with E-state index in [1.807, 2.05) is 0 Å². The average Bonchev–Trinajstić information content (AvgIpc) is 2.84. The van der Waals surface area contributed by atoms with Crippen molar-refractivity contribution in [1.82, 2.24) is 0 Å². The number of phenolic OH excluding ortho intramolecular Hbond substituents is 1. The maximum Gasteiger partial charge on any atom is 0.294 e. The molecule has 0 bridgehead atoms. The van der Waals surface area contributed by atoms with E-state index in [0.717, 1.165) is 6.07 Å². The molecule has 0 radical (unpaired) electrons. The summed E-state index contributed by atoms with van der Waals surface area (Å²) in [7, 11) is -3.11. The lowest BCUT2D eigenvalue weighted by atomic mass is 10.0. The number of amides is 1. The number of ether oxygens (including phenoxy) is 1. The number of halogens is 2. The van der Waals surface area contributed by atoms with E-state index in [1.165, 1.54) is 32.2 Å². The first-order chi connectivity index (χ1) is 17.5. The number of nitrogens with one attached hydrogen (secondary N) is 1. The van der Waals surface area contributed by atoms with Gasteiger partial charge in [0.25, 0.3) is 16.0 Å². The molecule has 4 aromatic carbocycles. The normalized spacial score (nSPS) is 11.7. The van der Waals surface area contributed by atoms with Crippen LogP contribution in [0.25, 0.3) is 10.8 Å². The molecule has 4 aromatic rings. The zero-order valence-electron chi connectivity index (χ0n) is 19.4. The smallest absolute Gasteiger partial charge is 0.294 e. The molecule has 12 heteroatoms. The molecule has 4 rings (SSSR count). The predicted octanol–water partition coefficient (Wildman–Crippen LogP) is 7.08. The summed E-state index contributed by atoms with van der Waals surface area (Å²) in [5, 5.41) is 23.5. The molecule has 0 aliphatic rings. The SMILES string of the molecule is COc1cc(Cl)ccc1NC(=O)c1cc2ccccc2c(N=Nc2c(Cl)ccc(S(=O)(=O)O)c2C)c1O. The van der Waals surface area contributed by atoms with Crippen LogP contribution in [-0.4, -0.2) is 31.1 Å². The second-order valence-electron chi connectivity index (χ2n) is 7.84. The van der Waals surface area contributed by atoms with Crippen molar-refractivity contribution < 1.29 is 27.6 Å². The Hall–Kier alpha value is -3.70. The molecule has 0 heterocycles. The second-order valence-corrected chi connectivity index (χ2v) is 10.1. The highest BCUT2D eigenvalue weighted by molar-refractivity contribution is 7.85. The van der Waals surface area contributed by atoms with Crippen LogP contribution in [-0.2, 0) is 10.1 Å². The van der Waals surface area contributed by atoms with Gasteiger partial charge in [-0.1, -0.05) is 47.5 Å². The molecule has 0 fully saturated rings. The molecule has 190 valence electrons. The van der Waals surface area contributed by atoms with Gasteiger partial charge in [-0.2, -0.15) is 8.42 Å². The topological polar surface area (TPSA) is 138 Å². The summed E-state index contributed by atoms with van der Waals surface area (Å²) in [5.74, 6) is -0.791. The van der Waals surface area contributed by atoms with Crippen LogP contribution < -0.4 is 10.1 Å². The van der Waals surface area contributed by atoms with Crippen LogP contribution in [0.4, 0.5) is 17.1 Å². The minimum atomic E-state index is -4.54. The van der Waals surface area contributed by atoms with Crippen molar-refractivity contribution in [3.05, 3.63) is 81.8 Å². The Balaban J connectivity index is 1.83. The zero-order chi connectivity index (χ0) is 26.9. The monoisotopic (exact) mass is 559 g/mol. The number of hydrogen-bond acceptors (Lipinski definition) is 7. The third kappa shape index (κ3) is 5.37. The first-order valence-electron chi connectivity index (χ1n) is 10.6. The predicted molar refractivity (Wildman–Crippen MR) is 142 cm³/mol. The molecule has 0 saturated heterocycles. The minimum absolute atomic E-state index is 0.0268. The number of carbonyl (C=O) groups excluding carboxylic acids is 1. The van der Waals surface area contributed by atoms with Gasteiger partial charge in [0.2, 0.25) is 0 Å². The number of hydrogen-bond donors (Lipinski definition) is 3. The summed E-state index contributed by atoms with van der Waals surface area (Å²) in [6.45, 7) is 1.41. The van der Waals surface area contributed by atoms with Crippen LogP contribution >= 0.6 is 23.2 Å². The van der Waals surface area contributed by atoms with Gasteiger partial charge in [-0.3, -0.25) is 9.35 Å². The van der Waals surface area contributed by atoms with E-state index in [-0.39, 0.29) is 32.4 Å². The van der Waals surface area contributed by atoms with Gasteiger partial charge in [0, 0.05) is 16.5 Å². The number of azo groups is 1. The van der Waals surface area contributed by atoms with Crippen molar-refractivity contribution in [1.29, 1.82) is 0 Å². The summed E-state index contributed by atoms with van der Waals surface area (Å²) in [4.78, 5) is 12.8.